The maximum Gasteiger partial charge on any atom is 0.320 e. The maximum atomic E-state index is 14.8. The van der Waals surface area contributed by atoms with Crippen molar-refractivity contribution in [3.05, 3.63) is 114 Å². The minimum absolute atomic E-state index is 0.0400. The summed E-state index contributed by atoms with van der Waals surface area (Å²) in [5.74, 6) is -0.884. The Hall–Kier alpha value is -7.53. The Balaban J connectivity index is 1.15. The molecule has 3 heterocycles. The summed E-state index contributed by atoms with van der Waals surface area (Å²) in [6.07, 6.45) is 0.0802. The number of hydrogen-bond acceptors (Lipinski definition) is 24. The van der Waals surface area contributed by atoms with Crippen molar-refractivity contribution in [1.82, 2.24) is 24.7 Å². The number of nitrogens with one attached hydrogen (secondary N) is 5. The van der Waals surface area contributed by atoms with Gasteiger partial charge in [0.1, 0.15) is 10.7 Å². The van der Waals surface area contributed by atoms with Gasteiger partial charge >= 0.3 is 6.01 Å². The van der Waals surface area contributed by atoms with Crippen LogP contribution >= 0.6 is 24.1 Å². The molecule has 1 aliphatic heterocycles. The summed E-state index contributed by atoms with van der Waals surface area (Å²) in [5.41, 5.74) is 2.66. The minimum Gasteiger partial charge on any atom is -0.479 e. The molecule has 0 radical (unpaired) electrons. The summed E-state index contributed by atoms with van der Waals surface area (Å²) >= 11 is 1.03. The smallest absolute Gasteiger partial charge is 0.320 e. The standard InChI is InChI=1S/C41H29N11O13S4/c42-16-5-17-43-37-35(38-46-24-8-3-4-9-31(24)68(57,58)52-38)32-22-6-1-2-7-23(22)36(53)34-26(13-12-25(47-37)33(32)34)45-27-18-20(10-14-29(27)66-64-62-55)44-39-49-40(51-41(54)50-39)48-28-19-21(69(59,60)61)11-15-30(28)67-65-63-56/h1-4,6-15,18-19,45,55-56H,5,17H2,(H,43,47)(H,46,52)(H,59,60,61)(H3,44,48,49,50,51,54). The second-order valence-corrected chi connectivity index (χ2v) is 18.8. The van der Waals surface area contributed by atoms with Gasteiger partial charge in [0.15, 0.2) is 11.6 Å². The lowest BCUT2D eigenvalue weighted by Crippen LogP contribution is -2.35. The number of pyridine rings is 1. The van der Waals surface area contributed by atoms with Crippen molar-refractivity contribution in [2.24, 2.45) is 4.99 Å². The Labute approximate surface area is 397 Å². The van der Waals surface area contributed by atoms with Gasteiger partial charge in [-0.05, 0) is 66.2 Å². The van der Waals surface area contributed by atoms with Crippen molar-refractivity contribution in [1.29, 1.82) is 5.26 Å². The number of carbonyl (C=O) groups is 1. The van der Waals surface area contributed by atoms with Crippen LogP contribution in [0.5, 0.6) is 6.01 Å². The highest BCUT2D eigenvalue weighted by Gasteiger charge is 2.36. The van der Waals surface area contributed by atoms with Gasteiger partial charge in [-0.15, -0.1) is 8.67 Å². The van der Waals surface area contributed by atoms with Gasteiger partial charge in [0.05, 0.1) is 90.7 Å². The van der Waals surface area contributed by atoms with Gasteiger partial charge in [0, 0.05) is 28.7 Å². The molecule has 7 aromatic rings. The van der Waals surface area contributed by atoms with Gasteiger partial charge in [-0.25, -0.2) is 28.9 Å². The molecule has 0 bridgehead atoms. The van der Waals surface area contributed by atoms with E-state index in [1.54, 1.807) is 54.6 Å². The number of benzene rings is 5. The van der Waals surface area contributed by atoms with Crippen molar-refractivity contribution in [3.8, 4) is 23.2 Å². The first-order chi connectivity index (χ1) is 33.3. The first-order valence-electron chi connectivity index (χ1n) is 19.5. The summed E-state index contributed by atoms with van der Waals surface area (Å²) < 4.78 is 72.7. The summed E-state index contributed by atoms with van der Waals surface area (Å²) in [6, 6.07) is 25.4. The summed E-state index contributed by atoms with van der Waals surface area (Å²) in [4.78, 5) is 36.3. The highest BCUT2D eigenvalue weighted by atomic mass is 32.2. The zero-order valence-corrected chi connectivity index (χ0v) is 37.7. The SMILES string of the molecule is N#CCCNc1nc2ccc(Nc3cc(Nc4nc(O)nc(Nc5cc(S(=O)(=O)O)ccc5SOOO)n4)ccc3SOOO)c3c2c(c1C1=Nc2ccccc2S(=O)(=O)N1)-c1ccccc1C3=O. The van der Waals surface area contributed by atoms with Crippen LogP contribution < -0.4 is 26.0 Å². The molecule has 0 unspecified atom stereocenters. The molecule has 0 saturated carbocycles. The number of nitrogens with zero attached hydrogens (tertiary/aromatic N) is 6. The number of fused-ring (bicyclic) bond motifs is 3. The molecule has 0 fully saturated rings. The molecular weight excluding hydrogens is 983 g/mol. The molecule has 9 N–H and O–H groups in total. The van der Waals surface area contributed by atoms with Crippen molar-refractivity contribution in [3.63, 3.8) is 0 Å². The van der Waals surface area contributed by atoms with Crippen molar-refractivity contribution in [2.75, 3.05) is 27.8 Å². The molecule has 9 rings (SSSR count). The summed E-state index contributed by atoms with van der Waals surface area (Å²) in [6.45, 7) is 0.138. The lowest BCUT2D eigenvalue weighted by atomic mass is 9.81. The molecule has 0 amide bonds. The zero-order chi connectivity index (χ0) is 48.5. The number of anilines is 7. The monoisotopic (exact) mass is 1010 g/mol. The van der Waals surface area contributed by atoms with E-state index in [1.807, 2.05) is 0 Å². The fourth-order valence-corrected chi connectivity index (χ4v) is 9.92. The number of carbonyl (C=O) groups excluding carboxylic acids is 1. The summed E-state index contributed by atoms with van der Waals surface area (Å²) in [7, 11) is -8.84. The fraction of sp³-hybridized carbons (Fsp3) is 0.0488. The number of sulfonamides is 1. The predicted molar refractivity (Wildman–Crippen MR) is 248 cm³/mol. The van der Waals surface area contributed by atoms with E-state index >= 15 is 0 Å². The third-order valence-electron chi connectivity index (χ3n) is 10.1. The van der Waals surface area contributed by atoms with Crippen LogP contribution in [0.15, 0.2) is 122 Å². The number of aromatic nitrogens is 4. The number of amidine groups is 1. The Morgan fingerprint density at radius 1 is 0.754 bits per heavy atom. The second-order valence-electron chi connectivity index (χ2n) is 14.3. The molecule has 69 heavy (non-hydrogen) atoms. The normalized spacial score (nSPS) is 13.4. The predicted octanol–water partition coefficient (Wildman–Crippen LogP) is 7.37. The highest BCUT2D eigenvalue weighted by Crippen LogP contribution is 2.47. The number of rotatable bonds is 17. The van der Waals surface area contributed by atoms with Crippen LogP contribution in [-0.2, 0) is 38.9 Å². The highest BCUT2D eigenvalue weighted by molar-refractivity contribution is 7.95. The third kappa shape index (κ3) is 9.51. The molecule has 0 saturated heterocycles. The molecule has 2 aromatic heterocycles. The number of aromatic hydroxyl groups is 1. The number of nitriles is 1. The van der Waals surface area contributed by atoms with E-state index in [2.05, 4.69) is 61.4 Å². The molecule has 28 heteroatoms. The Morgan fingerprint density at radius 2 is 1.43 bits per heavy atom. The molecule has 0 atom stereocenters. The lowest BCUT2D eigenvalue weighted by molar-refractivity contribution is -0.432. The Kier molecular flexibility index (Phi) is 13.0. The molecule has 24 nitrogen and oxygen atoms in total. The first kappa shape index (κ1) is 46.6. The number of ketones is 1. The average molecular weight is 1010 g/mol. The lowest BCUT2D eigenvalue weighted by Gasteiger charge is -2.28. The Bertz CT molecular complexity index is 3540. The van der Waals surface area contributed by atoms with Crippen LogP contribution in [0.2, 0.25) is 0 Å². The quantitative estimate of drug-likeness (QED) is 0.0141. The third-order valence-corrected chi connectivity index (χ3v) is 13.7. The van der Waals surface area contributed by atoms with Crippen molar-refractivity contribution in [2.45, 2.75) is 26.0 Å². The summed E-state index contributed by atoms with van der Waals surface area (Å²) in [5, 5.41) is 57.6. The van der Waals surface area contributed by atoms with E-state index in [-0.39, 0.29) is 91.4 Å². The van der Waals surface area contributed by atoms with Gasteiger partial charge in [0.2, 0.25) is 11.9 Å². The van der Waals surface area contributed by atoms with Crippen molar-refractivity contribution < 1.29 is 60.5 Å². The van der Waals surface area contributed by atoms with Gasteiger partial charge in [-0.3, -0.25) is 14.1 Å². The maximum absolute atomic E-state index is 14.8. The second kappa shape index (κ2) is 19.2. The van der Waals surface area contributed by atoms with Crippen LogP contribution in [-0.4, -0.2) is 75.1 Å². The largest absolute Gasteiger partial charge is 0.479 e. The molecule has 5 aromatic carbocycles. The average Bonchev–Trinajstić information content (AvgIpc) is 3.32. The van der Waals surface area contributed by atoms with E-state index in [4.69, 9.17) is 24.8 Å². The topological polar surface area (TPSA) is 351 Å². The van der Waals surface area contributed by atoms with E-state index in [9.17, 15) is 36.6 Å². The Morgan fingerprint density at radius 3 is 2.16 bits per heavy atom. The van der Waals surface area contributed by atoms with Crippen molar-refractivity contribution >= 4 is 113 Å². The van der Waals surface area contributed by atoms with Crippen LogP contribution in [0.25, 0.3) is 22.0 Å². The first-order valence-corrected chi connectivity index (χ1v) is 23.9. The van der Waals surface area contributed by atoms with E-state index in [0.29, 0.717) is 51.0 Å². The van der Waals surface area contributed by atoms with Gasteiger partial charge < -0.3 is 26.4 Å². The van der Waals surface area contributed by atoms with Gasteiger partial charge in [-0.2, -0.15) is 28.6 Å². The number of hydrogen-bond donors (Lipinski definition) is 9. The minimum atomic E-state index is -4.69. The number of para-hydroxylation sites is 1. The number of aliphatic imine (C=N–C) groups is 1. The molecule has 1 aliphatic carbocycles. The fourth-order valence-electron chi connectivity index (χ4n) is 7.40. The van der Waals surface area contributed by atoms with Crippen LogP contribution in [0.3, 0.4) is 0 Å². The van der Waals surface area contributed by atoms with Gasteiger partial charge in [-0.1, -0.05) is 46.5 Å². The van der Waals surface area contributed by atoms with E-state index in [0.717, 1.165) is 12.1 Å². The van der Waals surface area contributed by atoms with Crippen LogP contribution in [0.1, 0.15) is 27.9 Å². The molecular formula is C41H29N11O13S4. The van der Waals surface area contributed by atoms with Gasteiger partial charge in [0.25, 0.3) is 20.1 Å². The van der Waals surface area contributed by atoms with Crippen LogP contribution in [0, 0.1) is 11.3 Å². The molecule has 2 aliphatic rings. The van der Waals surface area contributed by atoms with Crippen LogP contribution in [0.4, 0.5) is 46.2 Å². The zero-order valence-electron chi connectivity index (χ0n) is 34.4. The molecule has 350 valence electrons. The molecule has 0 spiro atoms. The van der Waals surface area contributed by atoms with E-state index in [1.165, 1.54) is 30.3 Å². The van der Waals surface area contributed by atoms with E-state index < -0.39 is 36.8 Å².